The van der Waals surface area contributed by atoms with Crippen molar-refractivity contribution in [2.45, 2.75) is 39.3 Å². The molecule has 1 fully saturated rings. The second-order valence-corrected chi connectivity index (χ2v) is 7.05. The van der Waals surface area contributed by atoms with E-state index in [0.717, 1.165) is 38.4 Å². The molecule has 148 valence electrons. The smallest absolute Gasteiger partial charge is 0.222 e. The third-order valence-corrected chi connectivity index (χ3v) is 4.95. The molecule has 1 heterocycles. The first kappa shape index (κ1) is 19.9. The van der Waals surface area contributed by atoms with Gasteiger partial charge in [0.05, 0.1) is 6.54 Å². The van der Waals surface area contributed by atoms with Gasteiger partial charge in [-0.15, -0.1) is 0 Å². The van der Waals surface area contributed by atoms with Crippen LogP contribution in [0.4, 0.5) is 0 Å². The van der Waals surface area contributed by atoms with E-state index in [9.17, 15) is 4.79 Å². The summed E-state index contributed by atoms with van der Waals surface area (Å²) in [6.45, 7) is 5.86. The van der Waals surface area contributed by atoms with E-state index in [4.69, 9.17) is 4.99 Å². The maximum atomic E-state index is 12.0. The summed E-state index contributed by atoms with van der Waals surface area (Å²) in [6.07, 6.45) is 2.60. The van der Waals surface area contributed by atoms with Gasteiger partial charge >= 0.3 is 0 Å². The molecule has 3 rings (SSSR count). The molecular formula is C23H30N4O. The first-order valence-corrected chi connectivity index (χ1v) is 10.2. The summed E-state index contributed by atoms with van der Waals surface area (Å²) in [5, 5.41) is 6.73. The highest BCUT2D eigenvalue weighted by atomic mass is 16.2. The fourth-order valence-corrected chi connectivity index (χ4v) is 3.42. The molecule has 0 radical (unpaired) electrons. The molecular weight excluding hydrogens is 348 g/mol. The number of hydrogen-bond acceptors (Lipinski definition) is 2. The van der Waals surface area contributed by atoms with Gasteiger partial charge < -0.3 is 15.5 Å². The lowest BCUT2D eigenvalue weighted by Crippen LogP contribution is -2.38. The maximum absolute atomic E-state index is 12.0. The highest BCUT2D eigenvalue weighted by Crippen LogP contribution is 2.17. The number of likely N-dealkylation sites (tertiary alicyclic amines) is 1. The number of carbonyl (C=O) groups excluding carboxylic acids is 1. The van der Waals surface area contributed by atoms with Crippen molar-refractivity contribution >= 4 is 11.9 Å². The molecule has 1 aliphatic heterocycles. The average molecular weight is 379 g/mol. The fraction of sp³-hybridized carbons (Fsp3) is 0.391. The molecule has 0 atom stereocenters. The Bertz CT molecular complexity index is 788. The average Bonchev–Trinajstić information content (AvgIpc) is 3.12. The Kier molecular flexibility index (Phi) is 7.47. The van der Waals surface area contributed by atoms with Crippen LogP contribution in [0.1, 0.15) is 36.5 Å². The zero-order valence-corrected chi connectivity index (χ0v) is 16.7. The van der Waals surface area contributed by atoms with Crippen LogP contribution in [0.15, 0.2) is 59.6 Å². The predicted molar refractivity (Wildman–Crippen MR) is 114 cm³/mol. The van der Waals surface area contributed by atoms with E-state index < -0.39 is 0 Å². The Balaban J connectivity index is 1.60. The Hall–Kier alpha value is -2.82. The molecule has 2 N–H and O–H groups in total. The molecule has 0 bridgehead atoms. The normalized spacial score (nSPS) is 14.4. The molecule has 1 amide bonds. The van der Waals surface area contributed by atoms with Gasteiger partial charge in [0.25, 0.3) is 0 Å². The van der Waals surface area contributed by atoms with Crippen LogP contribution in [-0.2, 0) is 24.3 Å². The van der Waals surface area contributed by atoms with Crippen LogP contribution in [0.2, 0.25) is 0 Å². The summed E-state index contributed by atoms with van der Waals surface area (Å²) < 4.78 is 0. The second kappa shape index (κ2) is 10.5. The lowest BCUT2D eigenvalue weighted by Gasteiger charge is -2.18. The number of amides is 1. The summed E-state index contributed by atoms with van der Waals surface area (Å²) in [5.74, 6) is 1.08. The fourth-order valence-electron chi connectivity index (χ4n) is 3.42. The first-order chi connectivity index (χ1) is 13.8. The molecule has 0 aliphatic carbocycles. The van der Waals surface area contributed by atoms with Gasteiger partial charge in [-0.05, 0) is 36.5 Å². The zero-order chi connectivity index (χ0) is 19.6. The third-order valence-electron chi connectivity index (χ3n) is 4.95. The summed E-state index contributed by atoms with van der Waals surface area (Å²) in [7, 11) is 0. The van der Waals surface area contributed by atoms with E-state index >= 15 is 0 Å². The van der Waals surface area contributed by atoms with Crippen molar-refractivity contribution in [1.82, 2.24) is 15.5 Å². The van der Waals surface area contributed by atoms with Gasteiger partial charge in [-0.3, -0.25) is 4.79 Å². The zero-order valence-electron chi connectivity index (χ0n) is 16.7. The molecule has 5 heteroatoms. The van der Waals surface area contributed by atoms with Crippen LogP contribution in [-0.4, -0.2) is 36.4 Å². The molecule has 2 aromatic rings. The van der Waals surface area contributed by atoms with E-state index in [1.165, 1.54) is 16.7 Å². The predicted octanol–water partition coefficient (Wildman–Crippen LogP) is 3.11. The van der Waals surface area contributed by atoms with E-state index in [1.807, 2.05) is 23.1 Å². The summed E-state index contributed by atoms with van der Waals surface area (Å²) >= 11 is 0. The topological polar surface area (TPSA) is 56.7 Å². The molecule has 1 aliphatic rings. The van der Waals surface area contributed by atoms with Gasteiger partial charge in [0.15, 0.2) is 5.96 Å². The number of guanidine groups is 1. The van der Waals surface area contributed by atoms with E-state index in [2.05, 4.69) is 54.0 Å². The summed E-state index contributed by atoms with van der Waals surface area (Å²) in [5.41, 5.74) is 3.66. The van der Waals surface area contributed by atoms with Gasteiger partial charge in [-0.2, -0.15) is 0 Å². The minimum atomic E-state index is 0.259. The third kappa shape index (κ3) is 5.84. The number of hydrogen-bond donors (Lipinski definition) is 2. The summed E-state index contributed by atoms with van der Waals surface area (Å²) in [4.78, 5) is 18.7. The van der Waals surface area contributed by atoms with Crippen molar-refractivity contribution < 1.29 is 4.79 Å². The molecule has 0 aromatic heterocycles. The Morgan fingerprint density at radius 3 is 2.50 bits per heavy atom. The van der Waals surface area contributed by atoms with Gasteiger partial charge in [0.2, 0.25) is 5.91 Å². The standard InChI is InChI=1S/C23H30N4O/c1-2-24-23(25-15-14-19-9-4-3-5-10-19)26-17-20-11-6-7-12-21(20)18-27-16-8-13-22(27)28/h3-7,9-12H,2,8,13-18H2,1H3,(H2,24,25,26). The lowest BCUT2D eigenvalue weighted by molar-refractivity contribution is -0.128. The number of benzene rings is 2. The molecule has 5 nitrogen and oxygen atoms in total. The molecule has 0 spiro atoms. The van der Waals surface area contributed by atoms with Crippen molar-refractivity contribution in [3.63, 3.8) is 0 Å². The lowest BCUT2D eigenvalue weighted by atomic mass is 10.1. The number of nitrogens with one attached hydrogen (secondary N) is 2. The number of carbonyl (C=O) groups is 1. The Morgan fingerprint density at radius 2 is 1.79 bits per heavy atom. The number of nitrogens with zero attached hydrogens (tertiary/aromatic N) is 2. The minimum Gasteiger partial charge on any atom is -0.357 e. The molecule has 1 saturated heterocycles. The Labute approximate surface area is 167 Å². The van der Waals surface area contributed by atoms with Crippen LogP contribution < -0.4 is 10.6 Å². The van der Waals surface area contributed by atoms with Crippen molar-refractivity contribution in [2.75, 3.05) is 19.6 Å². The highest BCUT2D eigenvalue weighted by Gasteiger charge is 2.20. The van der Waals surface area contributed by atoms with Crippen LogP contribution in [0.3, 0.4) is 0 Å². The second-order valence-electron chi connectivity index (χ2n) is 7.05. The quantitative estimate of drug-likeness (QED) is 0.548. The van der Waals surface area contributed by atoms with Crippen LogP contribution in [0.25, 0.3) is 0 Å². The first-order valence-electron chi connectivity index (χ1n) is 10.2. The van der Waals surface area contributed by atoms with Crippen LogP contribution in [0.5, 0.6) is 0 Å². The van der Waals surface area contributed by atoms with Gasteiger partial charge in [0.1, 0.15) is 0 Å². The van der Waals surface area contributed by atoms with Crippen molar-refractivity contribution in [1.29, 1.82) is 0 Å². The van der Waals surface area contributed by atoms with E-state index in [0.29, 0.717) is 19.5 Å². The SMILES string of the molecule is CCNC(=NCc1ccccc1CN1CCCC1=O)NCCc1ccccc1. The molecule has 2 aromatic carbocycles. The Morgan fingerprint density at radius 1 is 1.04 bits per heavy atom. The monoisotopic (exact) mass is 378 g/mol. The van der Waals surface area contributed by atoms with Crippen molar-refractivity contribution in [3.8, 4) is 0 Å². The van der Waals surface area contributed by atoms with Gasteiger partial charge in [0, 0.05) is 32.6 Å². The number of aliphatic imine (C=N–C) groups is 1. The highest BCUT2D eigenvalue weighted by molar-refractivity contribution is 5.80. The largest absolute Gasteiger partial charge is 0.357 e. The minimum absolute atomic E-state index is 0.259. The molecule has 0 unspecified atom stereocenters. The van der Waals surface area contributed by atoms with Crippen LogP contribution in [0, 0.1) is 0 Å². The van der Waals surface area contributed by atoms with Crippen LogP contribution >= 0.6 is 0 Å². The maximum Gasteiger partial charge on any atom is 0.222 e. The van der Waals surface area contributed by atoms with Gasteiger partial charge in [-0.1, -0.05) is 54.6 Å². The molecule has 28 heavy (non-hydrogen) atoms. The van der Waals surface area contributed by atoms with E-state index in [1.54, 1.807) is 0 Å². The van der Waals surface area contributed by atoms with Crippen molar-refractivity contribution in [2.24, 2.45) is 4.99 Å². The number of rotatable bonds is 8. The van der Waals surface area contributed by atoms with Crippen molar-refractivity contribution in [3.05, 3.63) is 71.3 Å². The van der Waals surface area contributed by atoms with E-state index in [-0.39, 0.29) is 5.91 Å². The van der Waals surface area contributed by atoms with Gasteiger partial charge in [-0.25, -0.2) is 4.99 Å². The summed E-state index contributed by atoms with van der Waals surface area (Å²) in [6, 6.07) is 18.7. The molecule has 0 saturated carbocycles.